The summed E-state index contributed by atoms with van der Waals surface area (Å²) in [6.45, 7) is 4.07. The molecule has 8 heteroatoms. The maximum atomic E-state index is 13.2. The lowest BCUT2D eigenvalue weighted by Crippen LogP contribution is -2.56. The highest BCUT2D eigenvalue weighted by atomic mass is 32.2. The third-order valence-electron chi connectivity index (χ3n) is 6.56. The second-order valence-corrected chi connectivity index (χ2v) is 10.7. The number of aromatic nitrogens is 1. The second-order valence-electron chi connectivity index (χ2n) is 8.77. The highest BCUT2D eigenvalue weighted by Gasteiger charge is 2.33. The van der Waals surface area contributed by atoms with Gasteiger partial charge in [0.25, 0.3) is 0 Å². The maximum absolute atomic E-state index is 13.2. The van der Waals surface area contributed by atoms with Crippen molar-refractivity contribution in [2.24, 2.45) is 5.73 Å². The number of unbranched alkanes of at least 4 members (excludes halogenated alkanes) is 1. The van der Waals surface area contributed by atoms with Gasteiger partial charge in [-0.25, -0.2) is 8.42 Å². The van der Waals surface area contributed by atoms with E-state index in [2.05, 4.69) is 16.3 Å². The highest BCUT2D eigenvalue weighted by Crippen LogP contribution is 2.33. The van der Waals surface area contributed by atoms with Crippen LogP contribution in [-0.2, 0) is 16.4 Å². The monoisotopic (exact) mass is 457 g/mol. The average molecular weight is 458 g/mol. The number of nitrogens with one attached hydrogen (secondary N) is 1. The molecule has 1 saturated heterocycles. The van der Waals surface area contributed by atoms with Crippen LogP contribution in [0, 0.1) is 0 Å². The van der Waals surface area contributed by atoms with Gasteiger partial charge in [0.2, 0.25) is 10.0 Å². The second kappa shape index (κ2) is 10.9. The molecule has 0 amide bonds. The number of piperazine rings is 1. The van der Waals surface area contributed by atoms with E-state index in [0.717, 1.165) is 45.2 Å². The summed E-state index contributed by atoms with van der Waals surface area (Å²) in [5.74, 6) is 0. The summed E-state index contributed by atoms with van der Waals surface area (Å²) in [4.78, 5) is 7.62. The van der Waals surface area contributed by atoms with Crippen molar-refractivity contribution >= 4 is 10.0 Å². The molecule has 1 aromatic heterocycles. The zero-order chi connectivity index (χ0) is 22.4. The Morgan fingerprint density at radius 2 is 2.00 bits per heavy atom. The van der Waals surface area contributed by atoms with Gasteiger partial charge in [0.1, 0.15) is 0 Å². The van der Waals surface area contributed by atoms with Gasteiger partial charge in [-0.3, -0.25) is 9.88 Å². The zero-order valence-corrected chi connectivity index (χ0v) is 19.5. The molecule has 2 aromatic rings. The third kappa shape index (κ3) is 5.38. The number of benzene rings is 1. The number of hydrogen-bond acceptors (Lipinski definition) is 6. The SMILES string of the molecule is NCCCCN(C[C@@H]1CN(S(=O)(=O)c2ccccc2)CCN1)[C@H]1CCCc2cccnc21. The fourth-order valence-corrected chi connectivity index (χ4v) is 6.44. The number of fused-ring (bicyclic) bond motifs is 1. The summed E-state index contributed by atoms with van der Waals surface area (Å²) in [6, 6.07) is 13.3. The summed E-state index contributed by atoms with van der Waals surface area (Å²) in [6.07, 6.45) is 7.25. The Balaban J connectivity index is 1.50. The molecule has 1 aromatic carbocycles. The Bertz CT molecular complexity index is 969. The van der Waals surface area contributed by atoms with Crippen LogP contribution < -0.4 is 11.1 Å². The van der Waals surface area contributed by atoms with Crippen LogP contribution in [0.3, 0.4) is 0 Å². The normalized spacial score (nSPS) is 22.1. The molecule has 0 unspecified atom stereocenters. The fraction of sp³-hybridized carbons (Fsp3) is 0.542. The molecular weight excluding hydrogens is 422 g/mol. The molecule has 1 aliphatic heterocycles. The van der Waals surface area contributed by atoms with Crippen LogP contribution in [-0.4, -0.2) is 67.9 Å². The van der Waals surface area contributed by atoms with E-state index in [1.807, 2.05) is 18.3 Å². The number of pyridine rings is 1. The van der Waals surface area contributed by atoms with E-state index in [1.165, 1.54) is 11.3 Å². The summed E-state index contributed by atoms with van der Waals surface area (Å²) in [7, 11) is -3.48. The molecule has 0 bridgehead atoms. The quantitative estimate of drug-likeness (QED) is 0.561. The predicted octanol–water partition coefficient (Wildman–Crippen LogP) is 2.16. The number of aryl methyl sites for hydroxylation is 1. The van der Waals surface area contributed by atoms with Gasteiger partial charge in [0, 0.05) is 38.4 Å². The van der Waals surface area contributed by atoms with Crippen LogP contribution in [0.25, 0.3) is 0 Å². The van der Waals surface area contributed by atoms with Gasteiger partial charge in [0.15, 0.2) is 0 Å². The molecule has 174 valence electrons. The first-order valence-corrected chi connectivity index (χ1v) is 13.2. The van der Waals surface area contributed by atoms with Gasteiger partial charge in [0.05, 0.1) is 16.6 Å². The topological polar surface area (TPSA) is 91.6 Å². The molecule has 2 aliphatic rings. The highest BCUT2D eigenvalue weighted by molar-refractivity contribution is 7.89. The Hall–Kier alpha value is -1.84. The van der Waals surface area contributed by atoms with Crippen molar-refractivity contribution in [1.29, 1.82) is 0 Å². The first kappa shape index (κ1) is 23.3. The average Bonchev–Trinajstić information content (AvgIpc) is 2.84. The van der Waals surface area contributed by atoms with Crippen LogP contribution >= 0.6 is 0 Å². The standard InChI is InChI=1S/C24H35N5O2S/c25-13-4-5-16-28(23-12-6-8-20-9-7-14-27-24(20)23)18-21-19-29(17-15-26-21)32(30,31)22-10-2-1-3-11-22/h1-3,7,9-11,14,21,23,26H,4-6,8,12-13,15-19,25H2/t21-,23+/m1/s1. The van der Waals surface area contributed by atoms with Gasteiger partial charge in [-0.05, 0) is 69.0 Å². The first-order chi connectivity index (χ1) is 15.6. The van der Waals surface area contributed by atoms with Crippen LogP contribution in [0.15, 0.2) is 53.6 Å². The van der Waals surface area contributed by atoms with Crippen molar-refractivity contribution in [2.75, 3.05) is 39.3 Å². The van der Waals surface area contributed by atoms with E-state index in [9.17, 15) is 8.42 Å². The fourth-order valence-electron chi connectivity index (χ4n) is 4.93. The molecule has 2 heterocycles. The van der Waals surface area contributed by atoms with Crippen molar-refractivity contribution < 1.29 is 8.42 Å². The number of nitrogens with two attached hydrogens (primary N) is 1. The number of nitrogens with zero attached hydrogens (tertiary/aromatic N) is 3. The first-order valence-electron chi connectivity index (χ1n) is 11.8. The van der Waals surface area contributed by atoms with E-state index in [4.69, 9.17) is 10.7 Å². The Labute approximate surface area is 192 Å². The van der Waals surface area contributed by atoms with Crippen molar-refractivity contribution in [3.05, 3.63) is 59.9 Å². The summed E-state index contributed by atoms with van der Waals surface area (Å²) in [5, 5.41) is 3.56. The van der Waals surface area contributed by atoms with Crippen molar-refractivity contribution in [1.82, 2.24) is 19.5 Å². The predicted molar refractivity (Wildman–Crippen MR) is 127 cm³/mol. The van der Waals surface area contributed by atoms with Crippen LogP contribution in [0.5, 0.6) is 0 Å². The van der Waals surface area contributed by atoms with Crippen molar-refractivity contribution in [2.45, 2.75) is 49.1 Å². The summed E-state index contributed by atoms with van der Waals surface area (Å²) in [5.41, 5.74) is 8.29. The van der Waals surface area contributed by atoms with E-state index < -0.39 is 10.0 Å². The molecule has 1 aliphatic carbocycles. The van der Waals surface area contributed by atoms with Gasteiger partial charge in [-0.1, -0.05) is 24.3 Å². The third-order valence-corrected chi connectivity index (χ3v) is 8.44. The van der Waals surface area contributed by atoms with Gasteiger partial charge in [-0.2, -0.15) is 4.31 Å². The zero-order valence-electron chi connectivity index (χ0n) is 18.7. The minimum Gasteiger partial charge on any atom is -0.330 e. The van der Waals surface area contributed by atoms with Crippen molar-refractivity contribution in [3.8, 4) is 0 Å². The Kier molecular flexibility index (Phi) is 7.91. The molecule has 7 nitrogen and oxygen atoms in total. The van der Waals surface area contributed by atoms with E-state index in [0.29, 0.717) is 31.1 Å². The molecular formula is C24H35N5O2S. The lowest BCUT2D eigenvalue weighted by molar-refractivity contribution is 0.138. The molecule has 3 N–H and O–H groups in total. The molecule has 0 radical (unpaired) electrons. The Morgan fingerprint density at radius 3 is 2.81 bits per heavy atom. The summed E-state index contributed by atoms with van der Waals surface area (Å²) >= 11 is 0. The minimum absolute atomic E-state index is 0.0780. The Morgan fingerprint density at radius 1 is 1.16 bits per heavy atom. The van der Waals surface area contributed by atoms with Crippen LogP contribution in [0.2, 0.25) is 0 Å². The smallest absolute Gasteiger partial charge is 0.243 e. The lowest BCUT2D eigenvalue weighted by Gasteiger charge is -2.40. The number of sulfonamides is 1. The van der Waals surface area contributed by atoms with Crippen molar-refractivity contribution in [3.63, 3.8) is 0 Å². The van der Waals surface area contributed by atoms with Gasteiger partial charge >= 0.3 is 0 Å². The number of hydrogen-bond donors (Lipinski definition) is 2. The molecule has 32 heavy (non-hydrogen) atoms. The largest absolute Gasteiger partial charge is 0.330 e. The number of rotatable bonds is 9. The van der Waals surface area contributed by atoms with E-state index in [1.54, 1.807) is 28.6 Å². The minimum atomic E-state index is -3.48. The lowest BCUT2D eigenvalue weighted by atomic mass is 9.90. The molecule has 1 fully saturated rings. The van der Waals surface area contributed by atoms with Crippen LogP contribution in [0.4, 0.5) is 0 Å². The van der Waals surface area contributed by atoms with Gasteiger partial charge in [-0.15, -0.1) is 0 Å². The maximum Gasteiger partial charge on any atom is 0.243 e. The van der Waals surface area contributed by atoms with E-state index in [-0.39, 0.29) is 12.1 Å². The summed E-state index contributed by atoms with van der Waals surface area (Å²) < 4.78 is 27.9. The van der Waals surface area contributed by atoms with Crippen LogP contribution in [0.1, 0.15) is 43.0 Å². The van der Waals surface area contributed by atoms with E-state index >= 15 is 0 Å². The molecule has 0 spiro atoms. The van der Waals surface area contributed by atoms with Gasteiger partial charge < -0.3 is 11.1 Å². The molecule has 2 atom stereocenters. The molecule has 4 rings (SSSR count). The molecule has 0 saturated carbocycles.